The van der Waals surface area contributed by atoms with Crippen molar-refractivity contribution in [3.05, 3.63) is 77.1 Å². The van der Waals surface area contributed by atoms with Crippen LogP contribution in [-0.2, 0) is 9.59 Å². The Hall–Kier alpha value is -3.58. The minimum absolute atomic E-state index is 0.0672. The van der Waals surface area contributed by atoms with E-state index in [0.29, 0.717) is 42.6 Å². The monoisotopic (exact) mass is 506 g/mol. The molecule has 7 nitrogen and oxygen atoms in total. The average Bonchev–Trinajstić information content (AvgIpc) is 3.12. The highest BCUT2D eigenvalue weighted by Gasteiger charge is 2.42. The Kier molecular flexibility index (Phi) is 9.92. The molecule has 1 atom stereocenters. The molecule has 0 aromatic heterocycles. The first-order valence-corrected chi connectivity index (χ1v) is 12.7. The zero-order valence-electron chi connectivity index (χ0n) is 22.4. The number of ketones is 1. The smallest absolute Gasteiger partial charge is 0.290 e. The van der Waals surface area contributed by atoms with Gasteiger partial charge < -0.3 is 24.4 Å². The van der Waals surface area contributed by atoms with Gasteiger partial charge >= 0.3 is 0 Å². The van der Waals surface area contributed by atoms with Gasteiger partial charge in [-0.15, -0.1) is 0 Å². The number of carbonyl (C=O) groups excluding carboxylic acids is 2. The van der Waals surface area contributed by atoms with E-state index in [1.165, 1.54) is 6.08 Å². The van der Waals surface area contributed by atoms with Gasteiger partial charge in [0, 0.05) is 6.54 Å². The molecule has 2 aromatic carbocycles. The van der Waals surface area contributed by atoms with E-state index >= 15 is 0 Å². The molecule has 0 aliphatic carbocycles. The lowest BCUT2D eigenvalue weighted by molar-refractivity contribution is -0.129. The van der Waals surface area contributed by atoms with Crippen LogP contribution < -0.4 is 9.47 Å². The molecule has 0 radical (unpaired) electrons. The van der Waals surface area contributed by atoms with Gasteiger partial charge in [0.25, 0.3) is 5.91 Å². The molecule has 1 N–H and O–H groups in total. The molecular formula is C30H38N2O5. The molecule has 3 rings (SSSR count). The van der Waals surface area contributed by atoms with Crippen LogP contribution in [0.4, 0.5) is 0 Å². The van der Waals surface area contributed by atoms with Crippen molar-refractivity contribution in [2.24, 2.45) is 5.92 Å². The van der Waals surface area contributed by atoms with Gasteiger partial charge in [0.1, 0.15) is 0 Å². The molecule has 37 heavy (non-hydrogen) atoms. The molecule has 1 aliphatic heterocycles. The van der Waals surface area contributed by atoms with Crippen molar-refractivity contribution in [2.45, 2.75) is 32.7 Å². The highest BCUT2D eigenvalue weighted by Crippen LogP contribution is 2.41. The topological polar surface area (TPSA) is 79.3 Å². The van der Waals surface area contributed by atoms with E-state index in [1.54, 1.807) is 30.2 Å². The lowest BCUT2D eigenvalue weighted by Crippen LogP contribution is -2.33. The number of allylic oxidation sites excluding steroid dienone is 1. The number of carbonyl (C=O) groups is 2. The second kappa shape index (κ2) is 13.1. The molecular weight excluding hydrogens is 468 g/mol. The molecule has 198 valence electrons. The number of aliphatic hydroxyl groups is 1. The van der Waals surface area contributed by atoms with E-state index in [1.807, 2.05) is 55.4 Å². The molecule has 0 fully saturated rings. The fourth-order valence-corrected chi connectivity index (χ4v) is 4.24. The standard InChI is InChI=1S/C30H38N2O5/c1-21(2)16-19-37-25-15-13-23(20-26(25)36-5)28-27(24(33)14-12-22-10-7-6-8-11-22)29(34)30(35)32(28)18-9-17-31(3)4/h6-8,10-15,20-21,28,34H,9,16-19H2,1-5H3. The van der Waals surface area contributed by atoms with Crippen molar-refractivity contribution in [3.63, 3.8) is 0 Å². The Morgan fingerprint density at radius 2 is 1.86 bits per heavy atom. The van der Waals surface area contributed by atoms with Crippen LogP contribution in [-0.4, -0.2) is 67.5 Å². The predicted octanol–water partition coefficient (Wildman–Crippen LogP) is 5.05. The molecule has 1 unspecified atom stereocenters. The summed E-state index contributed by atoms with van der Waals surface area (Å²) in [5, 5.41) is 10.9. The summed E-state index contributed by atoms with van der Waals surface area (Å²) in [5.41, 5.74) is 1.59. The molecule has 0 bridgehead atoms. The zero-order valence-corrected chi connectivity index (χ0v) is 22.4. The van der Waals surface area contributed by atoms with Crippen LogP contribution in [0.25, 0.3) is 6.08 Å². The van der Waals surface area contributed by atoms with Crippen molar-refractivity contribution >= 4 is 17.8 Å². The maximum absolute atomic E-state index is 13.4. The number of nitrogens with zero attached hydrogens (tertiary/aromatic N) is 2. The summed E-state index contributed by atoms with van der Waals surface area (Å²) < 4.78 is 11.5. The fourth-order valence-electron chi connectivity index (χ4n) is 4.24. The van der Waals surface area contributed by atoms with Crippen LogP contribution in [0.2, 0.25) is 0 Å². The first-order chi connectivity index (χ1) is 17.7. The number of amides is 1. The lowest BCUT2D eigenvalue weighted by atomic mass is 9.95. The predicted molar refractivity (Wildman–Crippen MR) is 146 cm³/mol. The number of ether oxygens (including phenoxy) is 2. The second-order valence-electron chi connectivity index (χ2n) is 9.87. The van der Waals surface area contributed by atoms with Crippen LogP contribution >= 0.6 is 0 Å². The number of benzene rings is 2. The molecule has 0 saturated heterocycles. The maximum Gasteiger partial charge on any atom is 0.290 e. The third-order valence-electron chi connectivity index (χ3n) is 6.26. The van der Waals surface area contributed by atoms with Crippen molar-refractivity contribution in [2.75, 3.05) is 40.9 Å². The van der Waals surface area contributed by atoms with Crippen molar-refractivity contribution < 1.29 is 24.2 Å². The molecule has 2 aromatic rings. The Labute approximate surface area is 220 Å². The fraction of sp³-hybridized carbons (Fsp3) is 0.400. The Bertz CT molecular complexity index is 1140. The maximum atomic E-state index is 13.4. The summed E-state index contributed by atoms with van der Waals surface area (Å²) in [4.78, 5) is 30.1. The zero-order chi connectivity index (χ0) is 26.9. The molecule has 0 spiro atoms. The number of rotatable bonds is 13. The van der Waals surface area contributed by atoms with Crippen LogP contribution in [0.3, 0.4) is 0 Å². The number of hydrogen-bond acceptors (Lipinski definition) is 6. The third-order valence-corrected chi connectivity index (χ3v) is 6.26. The van der Waals surface area contributed by atoms with Gasteiger partial charge in [0.2, 0.25) is 0 Å². The van der Waals surface area contributed by atoms with Gasteiger partial charge in [-0.05, 0) is 68.7 Å². The molecule has 0 saturated carbocycles. The van der Waals surface area contributed by atoms with E-state index in [-0.39, 0.29) is 5.57 Å². The van der Waals surface area contributed by atoms with Gasteiger partial charge in [0.15, 0.2) is 23.0 Å². The van der Waals surface area contributed by atoms with Gasteiger partial charge in [0.05, 0.1) is 25.3 Å². The molecule has 7 heteroatoms. The average molecular weight is 507 g/mol. The van der Waals surface area contributed by atoms with E-state index < -0.39 is 23.5 Å². The summed E-state index contributed by atoms with van der Waals surface area (Å²) in [7, 11) is 5.49. The summed E-state index contributed by atoms with van der Waals surface area (Å²) in [6.07, 6.45) is 4.69. The van der Waals surface area contributed by atoms with Crippen LogP contribution in [0.5, 0.6) is 11.5 Å². The minimum atomic E-state index is -0.735. The third kappa shape index (κ3) is 7.23. The first kappa shape index (κ1) is 28.0. The van der Waals surface area contributed by atoms with Crippen LogP contribution in [0, 0.1) is 5.92 Å². The van der Waals surface area contributed by atoms with Gasteiger partial charge in [-0.2, -0.15) is 0 Å². The Balaban J connectivity index is 1.96. The summed E-state index contributed by atoms with van der Waals surface area (Å²) in [5.74, 6) is 0.160. The molecule has 1 amide bonds. The van der Waals surface area contributed by atoms with Crippen LogP contribution in [0.1, 0.15) is 43.9 Å². The van der Waals surface area contributed by atoms with E-state index in [9.17, 15) is 14.7 Å². The molecule has 1 aliphatic rings. The van der Waals surface area contributed by atoms with Gasteiger partial charge in [-0.1, -0.05) is 56.3 Å². The van der Waals surface area contributed by atoms with Gasteiger partial charge in [-0.25, -0.2) is 0 Å². The summed E-state index contributed by atoms with van der Waals surface area (Å²) in [6.45, 7) is 5.98. The largest absolute Gasteiger partial charge is 0.503 e. The highest BCUT2D eigenvalue weighted by atomic mass is 16.5. The van der Waals surface area contributed by atoms with Crippen molar-refractivity contribution in [3.8, 4) is 11.5 Å². The first-order valence-electron chi connectivity index (χ1n) is 12.7. The van der Waals surface area contributed by atoms with E-state index in [4.69, 9.17) is 9.47 Å². The highest BCUT2D eigenvalue weighted by molar-refractivity contribution is 6.14. The van der Waals surface area contributed by atoms with Crippen molar-refractivity contribution in [1.29, 1.82) is 0 Å². The van der Waals surface area contributed by atoms with E-state index in [0.717, 1.165) is 18.5 Å². The Morgan fingerprint density at radius 1 is 1.14 bits per heavy atom. The summed E-state index contributed by atoms with van der Waals surface area (Å²) >= 11 is 0. The van der Waals surface area contributed by atoms with Crippen LogP contribution in [0.15, 0.2) is 65.9 Å². The summed E-state index contributed by atoms with van der Waals surface area (Å²) in [6, 6.07) is 14.1. The quantitative estimate of drug-likeness (QED) is 0.383. The SMILES string of the molecule is COc1cc(C2C(C(=O)C=Cc3ccccc3)=C(O)C(=O)N2CCCN(C)C)ccc1OCCC(C)C. The molecule has 1 heterocycles. The number of hydrogen-bond donors (Lipinski definition) is 1. The Morgan fingerprint density at radius 3 is 2.51 bits per heavy atom. The second-order valence-corrected chi connectivity index (χ2v) is 9.87. The van der Waals surface area contributed by atoms with Crippen molar-refractivity contribution in [1.82, 2.24) is 9.80 Å². The number of aliphatic hydroxyl groups excluding tert-OH is 1. The lowest BCUT2D eigenvalue weighted by Gasteiger charge is -2.27. The van der Waals surface area contributed by atoms with E-state index in [2.05, 4.69) is 13.8 Å². The number of methoxy groups -OCH3 is 1. The normalized spacial score (nSPS) is 15.9. The van der Waals surface area contributed by atoms with Gasteiger partial charge in [-0.3, -0.25) is 9.59 Å². The minimum Gasteiger partial charge on any atom is -0.503 e.